The Morgan fingerprint density at radius 1 is 0.912 bits per heavy atom. The molecule has 1 heterocycles. The van der Waals surface area contributed by atoms with Gasteiger partial charge in [0, 0.05) is 22.7 Å². The van der Waals surface area contributed by atoms with Crippen molar-refractivity contribution >= 4 is 63.8 Å². The molecule has 3 aromatic rings. The second-order valence-electron chi connectivity index (χ2n) is 8.19. The van der Waals surface area contributed by atoms with E-state index in [9.17, 15) is 9.59 Å². The number of rotatable bonds is 6. The fraction of sp³-hybridized carbons (Fsp3) is 0.154. The summed E-state index contributed by atoms with van der Waals surface area (Å²) in [6.45, 7) is 2.31. The SMILES string of the molecule is C[C@]1(C(=O)Nc2ccc(Cl)cc2C(=O)c2ccccc2Cl)CC=CN1Cc1ccc(Cl)c(Cl)c1. The van der Waals surface area contributed by atoms with E-state index in [2.05, 4.69) is 5.32 Å². The Labute approximate surface area is 218 Å². The molecule has 0 spiro atoms. The summed E-state index contributed by atoms with van der Waals surface area (Å²) >= 11 is 24.6. The molecule has 174 valence electrons. The third-order valence-corrected chi connectivity index (χ3v) is 7.16. The summed E-state index contributed by atoms with van der Waals surface area (Å²) in [5.74, 6) is -0.584. The van der Waals surface area contributed by atoms with E-state index >= 15 is 0 Å². The summed E-state index contributed by atoms with van der Waals surface area (Å²) in [6.07, 6.45) is 4.33. The molecule has 4 nitrogen and oxygen atoms in total. The van der Waals surface area contributed by atoms with E-state index in [0.29, 0.717) is 44.3 Å². The van der Waals surface area contributed by atoms with Crippen molar-refractivity contribution in [3.63, 3.8) is 0 Å². The largest absolute Gasteiger partial charge is 0.359 e. The summed E-state index contributed by atoms with van der Waals surface area (Å²) in [5, 5.41) is 4.57. The topological polar surface area (TPSA) is 49.4 Å². The average molecular weight is 534 g/mol. The smallest absolute Gasteiger partial charge is 0.250 e. The fourth-order valence-electron chi connectivity index (χ4n) is 3.84. The molecule has 4 rings (SSSR count). The Morgan fingerprint density at radius 3 is 2.41 bits per heavy atom. The van der Waals surface area contributed by atoms with Gasteiger partial charge in [0.25, 0.3) is 0 Å². The van der Waals surface area contributed by atoms with Crippen molar-refractivity contribution in [2.45, 2.75) is 25.4 Å². The molecule has 1 aliphatic rings. The van der Waals surface area contributed by atoms with Gasteiger partial charge in [-0.25, -0.2) is 0 Å². The first-order chi connectivity index (χ1) is 16.2. The lowest BCUT2D eigenvalue weighted by molar-refractivity contribution is -0.125. The Morgan fingerprint density at radius 2 is 1.68 bits per heavy atom. The molecule has 3 aromatic carbocycles. The first kappa shape index (κ1) is 24.6. The van der Waals surface area contributed by atoms with Gasteiger partial charge in [0.15, 0.2) is 5.78 Å². The normalized spacial score (nSPS) is 17.1. The summed E-state index contributed by atoms with van der Waals surface area (Å²) in [6, 6.07) is 16.9. The molecule has 0 aliphatic carbocycles. The number of hydrogen-bond acceptors (Lipinski definition) is 3. The maximum Gasteiger partial charge on any atom is 0.250 e. The van der Waals surface area contributed by atoms with Crippen molar-refractivity contribution in [1.82, 2.24) is 4.90 Å². The number of nitrogens with one attached hydrogen (secondary N) is 1. The number of halogens is 4. The molecular formula is C26H20Cl4N2O2. The van der Waals surface area contributed by atoms with Gasteiger partial charge in [-0.2, -0.15) is 0 Å². The lowest BCUT2D eigenvalue weighted by Crippen LogP contribution is -2.49. The minimum atomic E-state index is -0.879. The van der Waals surface area contributed by atoms with Crippen LogP contribution in [0.25, 0.3) is 0 Å². The number of carbonyl (C=O) groups excluding carboxylic acids is 2. The molecule has 8 heteroatoms. The number of carbonyl (C=O) groups is 2. The van der Waals surface area contributed by atoms with Crippen LogP contribution in [0.15, 0.2) is 72.9 Å². The summed E-state index contributed by atoms with van der Waals surface area (Å²) in [7, 11) is 0. The van der Waals surface area contributed by atoms with Crippen molar-refractivity contribution < 1.29 is 9.59 Å². The average Bonchev–Trinajstić information content (AvgIpc) is 3.18. The van der Waals surface area contributed by atoms with Gasteiger partial charge < -0.3 is 10.2 Å². The molecule has 0 radical (unpaired) electrons. The lowest BCUT2D eigenvalue weighted by atomic mass is 9.95. The van der Waals surface area contributed by atoms with Crippen LogP contribution < -0.4 is 5.32 Å². The van der Waals surface area contributed by atoms with Gasteiger partial charge in [-0.3, -0.25) is 9.59 Å². The lowest BCUT2D eigenvalue weighted by Gasteiger charge is -2.35. The Hall–Kier alpha value is -2.50. The third-order valence-electron chi connectivity index (χ3n) is 5.85. The van der Waals surface area contributed by atoms with Gasteiger partial charge in [0.2, 0.25) is 5.91 Å². The zero-order chi connectivity index (χ0) is 24.5. The van der Waals surface area contributed by atoms with Gasteiger partial charge >= 0.3 is 0 Å². The van der Waals surface area contributed by atoms with Crippen molar-refractivity contribution in [2.75, 3.05) is 5.32 Å². The van der Waals surface area contributed by atoms with Crippen LogP contribution in [0.5, 0.6) is 0 Å². The quantitative estimate of drug-likeness (QED) is 0.331. The maximum atomic E-state index is 13.5. The van der Waals surface area contributed by atoms with E-state index in [0.717, 1.165) is 5.56 Å². The highest BCUT2D eigenvalue weighted by atomic mass is 35.5. The van der Waals surface area contributed by atoms with E-state index in [1.54, 1.807) is 48.5 Å². The highest BCUT2D eigenvalue weighted by Crippen LogP contribution is 2.33. The monoisotopic (exact) mass is 532 g/mol. The number of amides is 1. The van der Waals surface area contributed by atoms with Crippen molar-refractivity contribution in [1.29, 1.82) is 0 Å². The Bertz CT molecular complexity index is 1310. The van der Waals surface area contributed by atoms with Crippen molar-refractivity contribution in [3.05, 3.63) is 110 Å². The molecule has 0 aromatic heterocycles. The second kappa shape index (κ2) is 10.0. The fourth-order valence-corrected chi connectivity index (χ4v) is 4.55. The van der Waals surface area contributed by atoms with E-state index in [-0.39, 0.29) is 17.3 Å². The van der Waals surface area contributed by atoms with Crippen LogP contribution in [0.1, 0.15) is 34.8 Å². The Balaban J connectivity index is 1.60. The molecule has 34 heavy (non-hydrogen) atoms. The number of nitrogens with zero attached hydrogens (tertiary/aromatic N) is 1. The predicted molar refractivity (Wildman–Crippen MR) is 139 cm³/mol. The zero-order valence-corrected chi connectivity index (χ0v) is 21.1. The minimum absolute atomic E-state index is 0.256. The molecule has 0 fully saturated rings. The first-order valence-corrected chi connectivity index (χ1v) is 12.0. The van der Waals surface area contributed by atoms with Crippen LogP contribution in [-0.4, -0.2) is 22.1 Å². The zero-order valence-electron chi connectivity index (χ0n) is 18.1. The predicted octanol–water partition coefficient (Wildman–Crippen LogP) is 7.65. The van der Waals surface area contributed by atoms with Crippen LogP contribution in [-0.2, 0) is 11.3 Å². The van der Waals surface area contributed by atoms with Crippen LogP contribution in [0.4, 0.5) is 5.69 Å². The van der Waals surface area contributed by atoms with Gasteiger partial charge in [-0.15, -0.1) is 0 Å². The molecule has 0 unspecified atom stereocenters. The van der Waals surface area contributed by atoms with Crippen LogP contribution in [0, 0.1) is 0 Å². The van der Waals surface area contributed by atoms with E-state index < -0.39 is 5.54 Å². The number of hydrogen-bond donors (Lipinski definition) is 1. The van der Waals surface area contributed by atoms with Gasteiger partial charge in [-0.05, 0) is 67.6 Å². The second-order valence-corrected chi connectivity index (χ2v) is 9.85. The highest BCUT2D eigenvalue weighted by molar-refractivity contribution is 6.42. The molecule has 0 bridgehead atoms. The first-order valence-electron chi connectivity index (χ1n) is 10.5. The van der Waals surface area contributed by atoms with Gasteiger partial charge in [0.05, 0.1) is 20.8 Å². The maximum absolute atomic E-state index is 13.5. The highest BCUT2D eigenvalue weighted by Gasteiger charge is 2.40. The van der Waals surface area contributed by atoms with Gasteiger partial charge in [-0.1, -0.05) is 70.7 Å². The standard InChI is InChI=1S/C26H20Cl4N2O2/c1-26(11-4-12-32(26)15-16-7-9-21(29)22(30)13-16)25(34)31-23-10-8-17(27)14-19(23)24(33)18-5-2-3-6-20(18)28/h2-10,12-14H,11,15H2,1H3,(H,31,34)/t26-/m1/s1. The molecule has 1 aliphatic heterocycles. The molecule has 1 amide bonds. The van der Waals surface area contributed by atoms with Gasteiger partial charge in [0.1, 0.15) is 5.54 Å². The van der Waals surface area contributed by atoms with Crippen LogP contribution in [0.3, 0.4) is 0 Å². The molecule has 0 saturated carbocycles. The van der Waals surface area contributed by atoms with Crippen LogP contribution in [0.2, 0.25) is 20.1 Å². The molecular weight excluding hydrogens is 514 g/mol. The third kappa shape index (κ3) is 4.96. The summed E-state index contributed by atoms with van der Waals surface area (Å²) < 4.78 is 0. The number of anilines is 1. The van der Waals surface area contributed by atoms with Crippen molar-refractivity contribution in [3.8, 4) is 0 Å². The van der Waals surface area contributed by atoms with Crippen molar-refractivity contribution in [2.24, 2.45) is 0 Å². The summed E-state index contributed by atoms with van der Waals surface area (Å²) in [5.41, 5.74) is 0.996. The number of benzene rings is 3. The number of ketones is 1. The molecule has 0 saturated heterocycles. The van der Waals surface area contributed by atoms with Crippen LogP contribution >= 0.6 is 46.4 Å². The molecule has 1 atom stereocenters. The summed E-state index contributed by atoms with van der Waals surface area (Å²) in [4.78, 5) is 28.7. The minimum Gasteiger partial charge on any atom is -0.359 e. The van der Waals surface area contributed by atoms with E-state index in [1.165, 1.54) is 6.07 Å². The molecule has 1 N–H and O–H groups in total. The Kier molecular flexibility index (Phi) is 7.25. The van der Waals surface area contributed by atoms with E-state index in [1.807, 2.05) is 30.2 Å². The van der Waals surface area contributed by atoms with E-state index in [4.69, 9.17) is 46.4 Å².